The zero-order valence-electron chi connectivity index (χ0n) is 20.7. The van der Waals surface area contributed by atoms with Crippen molar-refractivity contribution in [3.8, 4) is 0 Å². The van der Waals surface area contributed by atoms with Crippen molar-refractivity contribution < 1.29 is 69.7 Å². The summed E-state index contributed by atoms with van der Waals surface area (Å²) in [5, 5.41) is 10.1. The first-order chi connectivity index (χ1) is 18.4. The van der Waals surface area contributed by atoms with Crippen molar-refractivity contribution in [2.24, 2.45) is 5.73 Å². The molecule has 0 amide bonds. The van der Waals surface area contributed by atoms with Gasteiger partial charge in [-0.05, 0) is 25.5 Å². The molecule has 232 valence electrons. The molecule has 24 heteroatoms. The number of aliphatic hydroxyl groups excluding tert-OH is 1. The Morgan fingerprint density at radius 1 is 0.975 bits per heavy atom. The maximum Gasteiger partial charge on any atom is 0.349 e. The molecule has 0 spiro atoms. The van der Waals surface area contributed by atoms with Crippen LogP contribution in [-0.2, 0) is 51.5 Å². The van der Waals surface area contributed by atoms with Crippen LogP contribution in [0.3, 0.4) is 0 Å². The number of nitrogens with two attached hydrogens (primary N) is 2. The fourth-order valence-corrected chi connectivity index (χ4v) is 8.04. The Labute approximate surface area is 227 Å². The fraction of sp³-hybridized carbons (Fsp3) is 0.750. The topological polar surface area (TPSA) is 323 Å². The van der Waals surface area contributed by atoms with E-state index >= 15 is 0 Å². The highest BCUT2D eigenvalue weighted by Crippen LogP contribution is 2.66. The molecular formula is C16H28N4O16P4-4. The number of aromatic nitrogens is 2. The van der Waals surface area contributed by atoms with E-state index in [-0.39, 0.29) is 25.2 Å². The summed E-state index contributed by atoms with van der Waals surface area (Å²) in [4.78, 5) is 62.4. The van der Waals surface area contributed by atoms with Gasteiger partial charge in [0.1, 0.15) is 11.9 Å². The molecule has 2 heterocycles. The molecule has 1 fully saturated rings. The molecule has 1 aromatic heterocycles. The number of nitrogens with zero attached hydrogens (tertiary/aromatic N) is 2. The summed E-state index contributed by atoms with van der Waals surface area (Å²) in [6.45, 7) is -1.17. The normalized spacial score (nSPS) is 25.5. The van der Waals surface area contributed by atoms with E-state index < -0.39 is 68.5 Å². The third kappa shape index (κ3) is 13.0. The zero-order chi connectivity index (χ0) is 30.2. The standard InChI is InChI=1S/C16H32N4O16P4/c17-6-3-1-2-4-8-31-37(23,24)34-39(27,28)36-40(29,30)35-38(25,26)32-11-14-13(21)9-12(33-14)10-20-7-5-15(18)19-16(20)22/h5,7,12-14,21H,1-4,6,8-11,17H2,(H,23,24)(H,25,26)(H,27,28)(H,29,30)(H2,18,19,22)/p-4/t12-,13?,14-/m1/s1. The van der Waals surface area contributed by atoms with Crippen LogP contribution in [-0.4, -0.2) is 52.7 Å². The lowest BCUT2D eigenvalue weighted by Crippen LogP contribution is -2.29. The molecule has 1 aliphatic rings. The average molecular weight is 656 g/mol. The van der Waals surface area contributed by atoms with Crippen molar-refractivity contribution >= 4 is 37.1 Å². The highest BCUT2D eigenvalue weighted by atomic mass is 31.3. The Hall–Kier alpha value is -0.880. The molecule has 0 saturated carbocycles. The molecule has 1 aliphatic heterocycles. The van der Waals surface area contributed by atoms with Crippen molar-refractivity contribution in [3.05, 3.63) is 22.7 Å². The Balaban J connectivity index is 1.85. The summed E-state index contributed by atoms with van der Waals surface area (Å²) in [7, 11) is -24.1. The van der Waals surface area contributed by atoms with Crippen molar-refractivity contribution in [1.82, 2.24) is 9.55 Å². The Kier molecular flexibility index (Phi) is 13.3. The highest BCUT2D eigenvalue weighted by Gasteiger charge is 2.36. The number of ether oxygens (including phenoxy) is 1. The zero-order valence-corrected chi connectivity index (χ0v) is 24.2. The van der Waals surface area contributed by atoms with Crippen LogP contribution in [0.1, 0.15) is 32.1 Å². The second-order valence-electron chi connectivity index (χ2n) is 8.25. The molecule has 0 radical (unpaired) electrons. The average Bonchev–Trinajstić information content (AvgIpc) is 3.13. The summed E-state index contributed by atoms with van der Waals surface area (Å²) >= 11 is 0. The summed E-state index contributed by atoms with van der Waals surface area (Å²) in [6, 6.07) is 1.34. The van der Waals surface area contributed by atoms with E-state index in [1.165, 1.54) is 12.3 Å². The molecule has 0 aliphatic carbocycles. The second-order valence-corrected chi connectivity index (χ2v) is 14.3. The minimum absolute atomic E-state index is 0.0225. The molecule has 5 unspecified atom stereocenters. The minimum Gasteiger partial charge on any atom is -0.756 e. The monoisotopic (exact) mass is 656 g/mol. The second kappa shape index (κ2) is 15.0. The van der Waals surface area contributed by atoms with E-state index in [2.05, 4.69) is 27.0 Å². The largest absolute Gasteiger partial charge is 0.756 e. The summed E-state index contributed by atoms with van der Waals surface area (Å²) in [5.74, 6) is -0.0225. The first-order valence-corrected chi connectivity index (χ1v) is 17.3. The van der Waals surface area contributed by atoms with Crippen LogP contribution in [0.4, 0.5) is 5.82 Å². The lowest BCUT2D eigenvalue weighted by Gasteiger charge is -2.36. The van der Waals surface area contributed by atoms with Crippen LogP contribution in [0.5, 0.6) is 0 Å². The number of phosphoric acid groups is 4. The number of hydrogen-bond acceptors (Lipinski definition) is 19. The molecule has 0 aromatic carbocycles. The molecule has 0 bridgehead atoms. The maximum atomic E-state index is 11.9. The number of rotatable bonds is 18. The first kappa shape index (κ1) is 35.3. The van der Waals surface area contributed by atoms with Crippen molar-refractivity contribution in [3.63, 3.8) is 0 Å². The first-order valence-electron chi connectivity index (χ1n) is 11.5. The van der Waals surface area contributed by atoms with E-state index in [9.17, 15) is 47.7 Å². The molecule has 5 N–H and O–H groups in total. The summed E-state index contributed by atoms with van der Waals surface area (Å²) in [6.07, 6.45) is -0.251. The Morgan fingerprint density at radius 2 is 1.55 bits per heavy atom. The summed E-state index contributed by atoms with van der Waals surface area (Å²) < 4.78 is 72.8. The van der Waals surface area contributed by atoms with E-state index in [1.54, 1.807) is 0 Å². The highest BCUT2D eigenvalue weighted by molar-refractivity contribution is 7.68. The number of unbranched alkanes of at least 4 members (excludes halogenated alkanes) is 3. The van der Waals surface area contributed by atoms with Gasteiger partial charge in [-0.2, -0.15) is 4.98 Å². The van der Waals surface area contributed by atoms with Gasteiger partial charge in [0.2, 0.25) is 0 Å². The Bertz CT molecular complexity index is 1230. The predicted octanol–water partition coefficient (Wildman–Crippen LogP) is -2.18. The number of hydrogen-bond donors (Lipinski definition) is 3. The van der Waals surface area contributed by atoms with Gasteiger partial charge in [0.15, 0.2) is 0 Å². The number of phosphoric ester groups is 2. The fourth-order valence-electron chi connectivity index (χ4n) is 3.27. The molecule has 1 saturated heterocycles. The van der Waals surface area contributed by atoms with Gasteiger partial charge in [0, 0.05) is 12.6 Å². The van der Waals surface area contributed by atoms with Gasteiger partial charge in [-0.15, -0.1) is 0 Å². The van der Waals surface area contributed by atoms with E-state index in [0.29, 0.717) is 25.8 Å². The van der Waals surface area contributed by atoms with Gasteiger partial charge in [-0.25, -0.2) is 17.7 Å². The third-order valence-electron chi connectivity index (χ3n) is 4.94. The van der Waals surface area contributed by atoms with Gasteiger partial charge in [-0.1, -0.05) is 12.8 Å². The lowest BCUT2D eigenvalue weighted by atomic mass is 10.1. The molecule has 40 heavy (non-hydrogen) atoms. The maximum absolute atomic E-state index is 11.9. The minimum atomic E-state index is -6.35. The van der Waals surface area contributed by atoms with Gasteiger partial charge in [-0.3, -0.25) is 22.8 Å². The van der Waals surface area contributed by atoms with Crippen molar-refractivity contribution in [2.75, 3.05) is 25.5 Å². The molecule has 1 aromatic rings. The van der Waals surface area contributed by atoms with Gasteiger partial charge in [0.25, 0.3) is 31.3 Å². The number of aliphatic hydroxyl groups is 1. The quantitative estimate of drug-likeness (QED) is 0.112. The van der Waals surface area contributed by atoms with Crippen molar-refractivity contribution in [2.45, 2.75) is 57.0 Å². The lowest BCUT2D eigenvalue weighted by molar-refractivity contribution is -0.254. The molecular weight excluding hydrogens is 628 g/mol. The van der Waals surface area contributed by atoms with Crippen LogP contribution in [0, 0.1) is 0 Å². The van der Waals surface area contributed by atoms with Gasteiger partial charge < -0.3 is 49.9 Å². The Morgan fingerprint density at radius 3 is 2.15 bits per heavy atom. The van der Waals surface area contributed by atoms with Crippen LogP contribution < -0.4 is 36.7 Å². The molecule has 20 nitrogen and oxygen atoms in total. The van der Waals surface area contributed by atoms with Crippen LogP contribution in [0.25, 0.3) is 0 Å². The van der Waals surface area contributed by atoms with Crippen LogP contribution in [0.15, 0.2) is 17.1 Å². The number of anilines is 1. The third-order valence-corrected chi connectivity index (χ3v) is 10.7. The van der Waals surface area contributed by atoms with E-state index in [1.807, 2.05) is 0 Å². The predicted molar refractivity (Wildman–Crippen MR) is 125 cm³/mol. The van der Waals surface area contributed by atoms with Crippen LogP contribution >= 0.6 is 31.3 Å². The summed E-state index contributed by atoms with van der Waals surface area (Å²) in [5.41, 5.74) is 9.98. The number of nitrogen functional groups attached to an aromatic ring is 1. The van der Waals surface area contributed by atoms with Crippen molar-refractivity contribution in [1.29, 1.82) is 0 Å². The van der Waals surface area contributed by atoms with Gasteiger partial charge in [0.05, 0.1) is 32.0 Å². The van der Waals surface area contributed by atoms with Gasteiger partial charge >= 0.3 is 5.69 Å². The smallest absolute Gasteiger partial charge is 0.349 e. The van der Waals surface area contributed by atoms with E-state index in [0.717, 1.165) is 4.57 Å². The molecule has 7 atom stereocenters. The molecule has 2 rings (SSSR count). The SMILES string of the molecule is NCCCCCCOP(=O)([O-])OP(=O)([O-])OP(=O)([O-])OP(=O)([O-])OC[C@H]1O[C@@H](Cn2ccc(N)nc2=O)CC1O. The van der Waals surface area contributed by atoms with Crippen LogP contribution in [0.2, 0.25) is 0 Å². The van der Waals surface area contributed by atoms with E-state index in [4.69, 9.17) is 16.2 Å².